The van der Waals surface area contributed by atoms with Crippen LogP contribution in [0.25, 0.3) is 5.00 Å². The zero-order valence-electron chi connectivity index (χ0n) is 16.4. The van der Waals surface area contributed by atoms with Crippen molar-refractivity contribution in [2.75, 3.05) is 5.73 Å². The molecule has 3 aromatic heterocycles. The van der Waals surface area contributed by atoms with Gasteiger partial charge in [0.2, 0.25) is 0 Å². The molecule has 0 saturated carbocycles. The fourth-order valence-corrected chi connectivity index (χ4v) is 4.77. The molecule has 6 nitrogen and oxygen atoms in total. The second-order valence-corrected chi connectivity index (χ2v) is 8.07. The Morgan fingerprint density at radius 1 is 1.10 bits per heavy atom. The highest BCUT2D eigenvalue weighted by Crippen LogP contribution is 2.36. The smallest absolute Gasteiger partial charge is 0.164 e. The molecule has 0 spiro atoms. The first kappa shape index (κ1) is 18.6. The molecule has 30 heavy (non-hydrogen) atoms. The minimum atomic E-state index is 0.450. The summed E-state index contributed by atoms with van der Waals surface area (Å²) in [5.41, 5.74) is 10.1. The summed E-state index contributed by atoms with van der Waals surface area (Å²) < 4.78 is 8.03. The standard InChI is InChI=1S/C23H19N5OS/c1-15-26-27-22-14-29-13-19-18(11-16-5-3-2-4-6-16)20(30-23(19)28(15)22)9-7-17-8-10-21(24)25-12-17/h2-6,8,10,12H,11,13-14H2,1H3,(H2,24,25). The van der Waals surface area contributed by atoms with E-state index in [-0.39, 0.29) is 0 Å². The van der Waals surface area contributed by atoms with Crippen molar-refractivity contribution in [3.63, 3.8) is 0 Å². The van der Waals surface area contributed by atoms with Crippen LogP contribution in [0.4, 0.5) is 5.82 Å². The van der Waals surface area contributed by atoms with Gasteiger partial charge in [-0.2, -0.15) is 0 Å². The number of aromatic nitrogens is 4. The fraction of sp³-hybridized carbons (Fsp3) is 0.174. The largest absolute Gasteiger partial charge is 0.384 e. The second-order valence-electron chi connectivity index (χ2n) is 7.07. The van der Waals surface area contributed by atoms with Crippen LogP contribution in [0, 0.1) is 18.8 Å². The highest BCUT2D eigenvalue weighted by molar-refractivity contribution is 7.15. The van der Waals surface area contributed by atoms with Gasteiger partial charge < -0.3 is 10.5 Å². The Hall–Kier alpha value is -3.47. The third-order valence-electron chi connectivity index (χ3n) is 5.00. The highest BCUT2D eigenvalue weighted by atomic mass is 32.1. The van der Waals surface area contributed by atoms with Gasteiger partial charge in [0.15, 0.2) is 5.82 Å². The van der Waals surface area contributed by atoms with Crippen molar-refractivity contribution >= 4 is 17.2 Å². The number of hydrogen-bond acceptors (Lipinski definition) is 6. The maximum Gasteiger partial charge on any atom is 0.164 e. The second kappa shape index (κ2) is 7.75. The number of fused-ring (bicyclic) bond motifs is 3. The summed E-state index contributed by atoms with van der Waals surface area (Å²) in [6, 6.07) is 14.1. The van der Waals surface area contributed by atoms with E-state index in [1.54, 1.807) is 23.6 Å². The number of hydrogen-bond donors (Lipinski definition) is 1. The molecular formula is C23H19N5OS. The van der Waals surface area contributed by atoms with E-state index in [1.807, 2.05) is 19.1 Å². The average molecular weight is 414 g/mol. The number of rotatable bonds is 2. The lowest BCUT2D eigenvalue weighted by molar-refractivity contribution is 0.104. The van der Waals surface area contributed by atoms with E-state index < -0.39 is 0 Å². The van der Waals surface area contributed by atoms with Crippen molar-refractivity contribution in [1.82, 2.24) is 19.7 Å². The van der Waals surface area contributed by atoms with Crippen molar-refractivity contribution in [2.24, 2.45) is 0 Å². The van der Waals surface area contributed by atoms with E-state index in [1.165, 1.54) is 11.1 Å². The number of anilines is 1. The van der Waals surface area contributed by atoms with Gasteiger partial charge in [-0.1, -0.05) is 42.2 Å². The van der Waals surface area contributed by atoms with Crippen LogP contribution in [0.1, 0.15) is 38.8 Å². The first-order chi connectivity index (χ1) is 14.7. The number of aryl methyl sites for hydroxylation is 1. The van der Waals surface area contributed by atoms with E-state index in [0.717, 1.165) is 39.1 Å². The Balaban J connectivity index is 1.65. The SMILES string of the molecule is Cc1nnc2n1-c1sc(C#Cc3ccc(N)nc3)c(Cc3ccccc3)c1COC2. The van der Waals surface area contributed by atoms with Crippen molar-refractivity contribution in [1.29, 1.82) is 0 Å². The van der Waals surface area contributed by atoms with Crippen LogP contribution in [0.3, 0.4) is 0 Å². The van der Waals surface area contributed by atoms with Gasteiger partial charge in [0.1, 0.15) is 23.3 Å². The average Bonchev–Trinajstić information content (AvgIpc) is 3.22. The molecule has 1 aliphatic heterocycles. The van der Waals surface area contributed by atoms with Gasteiger partial charge in [0.05, 0.1) is 11.5 Å². The number of nitrogens with zero attached hydrogens (tertiary/aromatic N) is 4. The molecule has 5 rings (SSSR count). The van der Waals surface area contributed by atoms with Crippen LogP contribution in [0.2, 0.25) is 0 Å². The molecule has 148 valence electrons. The first-order valence-corrected chi connectivity index (χ1v) is 10.4. The molecule has 0 amide bonds. The molecular weight excluding hydrogens is 394 g/mol. The summed E-state index contributed by atoms with van der Waals surface area (Å²) in [6.07, 6.45) is 2.49. The molecule has 0 radical (unpaired) electrons. The molecule has 0 bridgehead atoms. The fourth-order valence-electron chi connectivity index (χ4n) is 3.52. The summed E-state index contributed by atoms with van der Waals surface area (Å²) in [7, 11) is 0. The zero-order valence-corrected chi connectivity index (χ0v) is 17.2. The quantitative estimate of drug-likeness (QED) is 0.508. The van der Waals surface area contributed by atoms with E-state index >= 15 is 0 Å². The Kier molecular flexibility index (Phi) is 4.79. The Morgan fingerprint density at radius 2 is 1.97 bits per heavy atom. The molecule has 0 atom stereocenters. The van der Waals surface area contributed by atoms with Gasteiger partial charge in [0, 0.05) is 17.3 Å². The number of nitrogen functional groups attached to an aromatic ring is 1. The highest BCUT2D eigenvalue weighted by Gasteiger charge is 2.25. The van der Waals surface area contributed by atoms with Crippen LogP contribution < -0.4 is 5.73 Å². The molecule has 1 aromatic carbocycles. The predicted octanol–water partition coefficient (Wildman–Crippen LogP) is 3.64. The van der Waals surface area contributed by atoms with Crippen molar-refractivity contribution in [2.45, 2.75) is 26.6 Å². The van der Waals surface area contributed by atoms with Crippen LogP contribution in [-0.2, 0) is 24.4 Å². The topological polar surface area (TPSA) is 78.9 Å². The maximum absolute atomic E-state index is 5.94. The zero-order chi connectivity index (χ0) is 20.5. The lowest BCUT2D eigenvalue weighted by atomic mass is 10.0. The Morgan fingerprint density at radius 3 is 2.77 bits per heavy atom. The van der Waals surface area contributed by atoms with Gasteiger partial charge in [-0.15, -0.1) is 21.5 Å². The molecule has 4 aromatic rings. The minimum Gasteiger partial charge on any atom is -0.384 e. The van der Waals surface area contributed by atoms with Crippen LogP contribution in [0.5, 0.6) is 0 Å². The monoisotopic (exact) mass is 413 g/mol. The number of ether oxygens (including phenoxy) is 1. The molecule has 0 unspecified atom stereocenters. The summed E-state index contributed by atoms with van der Waals surface area (Å²) in [5, 5.41) is 9.62. The third-order valence-corrected chi connectivity index (χ3v) is 6.17. The molecule has 0 saturated heterocycles. The van der Waals surface area contributed by atoms with Crippen LogP contribution >= 0.6 is 11.3 Å². The van der Waals surface area contributed by atoms with Gasteiger partial charge in [-0.05, 0) is 36.6 Å². The normalized spacial score (nSPS) is 12.4. The van der Waals surface area contributed by atoms with Gasteiger partial charge in [-0.25, -0.2) is 4.98 Å². The Bertz CT molecular complexity index is 1260. The van der Waals surface area contributed by atoms with E-state index in [4.69, 9.17) is 10.5 Å². The summed E-state index contributed by atoms with van der Waals surface area (Å²) in [5.74, 6) is 8.76. The van der Waals surface area contributed by atoms with E-state index in [9.17, 15) is 0 Å². The molecule has 7 heteroatoms. The van der Waals surface area contributed by atoms with Gasteiger partial charge in [-0.3, -0.25) is 4.57 Å². The van der Waals surface area contributed by atoms with Crippen molar-refractivity contribution < 1.29 is 4.74 Å². The van der Waals surface area contributed by atoms with Crippen molar-refractivity contribution in [3.8, 4) is 16.8 Å². The summed E-state index contributed by atoms with van der Waals surface area (Å²) >= 11 is 1.66. The molecule has 0 aliphatic carbocycles. The van der Waals surface area contributed by atoms with Crippen LogP contribution in [-0.4, -0.2) is 19.7 Å². The number of benzene rings is 1. The Labute approximate surface area is 178 Å². The van der Waals surface area contributed by atoms with Crippen LogP contribution in [0.15, 0.2) is 48.7 Å². The molecule has 1 aliphatic rings. The molecule has 0 fully saturated rings. The minimum absolute atomic E-state index is 0.450. The van der Waals surface area contributed by atoms with Gasteiger partial charge in [0.25, 0.3) is 0 Å². The van der Waals surface area contributed by atoms with E-state index in [2.05, 4.69) is 55.9 Å². The first-order valence-electron chi connectivity index (χ1n) is 9.60. The van der Waals surface area contributed by atoms with E-state index in [0.29, 0.717) is 19.0 Å². The molecule has 2 N–H and O–H groups in total. The van der Waals surface area contributed by atoms with Crippen molar-refractivity contribution in [3.05, 3.63) is 87.4 Å². The third kappa shape index (κ3) is 3.47. The summed E-state index contributed by atoms with van der Waals surface area (Å²) in [6.45, 7) is 2.95. The lowest BCUT2D eigenvalue weighted by Crippen LogP contribution is -2.00. The number of nitrogens with two attached hydrogens (primary N) is 1. The lowest BCUT2D eigenvalue weighted by Gasteiger charge is -2.06. The van der Waals surface area contributed by atoms with Gasteiger partial charge >= 0.3 is 0 Å². The molecule has 4 heterocycles. The summed E-state index contributed by atoms with van der Waals surface area (Å²) in [4.78, 5) is 5.15. The maximum atomic E-state index is 5.94. The predicted molar refractivity (Wildman–Crippen MR) is 116 cm³/mol. The number of pyridine rings is 1. The number of thiophene rings is 1.